The fourth-order valence-electron chi connectivity index (χ4n) is 3.56. The van der Waals surface area contributed by atoms with E-state index in [1.54, 1.807) is 11.6 Å². The number of nitrogens with zero attached hydrogens (tertiary/aromatic N) is 6. The van der Waals surface area contributed by atoms with Gasteiger partial charge in [-0.2, -0.15) is 0 Å². The maximum atomic E-state index is 10.0. The maximum absolute atomic E-state index is 10.0. The lowest BCUT2D eigenvalue weighted by molar-refractivity contribution is -0.128. The molecular weight excluding hydrogens is 352 g/mol. The molecule has 1 aromatic rings. The van der Waals surface area contributed by atoms with Crippen LogP contribution in [0.5, 0.6) is 0 Å². The first-order valence-electron chi connectivity index (χ1n) is 9.32. The van der Waals surface area contributed by atoms with Crippen molar-refractivity contribution in [3.63, 3.8) is 0 Å². The normalized spacial score (nSPS) is 39.1. The number of aliphatic hydroxyl groups excluding tert-OH is 2. The van der Waals surface area contributed by atoms with Gasteiger partial charge in [-0.1, -0.05) is 10.3 Å². The molecule has 2 aliphatic rings. The fraction of sp³-hybridized carbons (Fsp3) is 0.882. The highest BCUT2D eigenvalue weighted by Crippen LogP contribution is 2.28. The summed E-state index contributed by atoms with van der Waals surface area (Å²) in [4.78, 5) is 2.69. The van der Waals surface area contributed by atoms with Crippen LogP contribution in [0.3, 0.4) is 0 Å². The van der Waals surface area contributed by atoms with E-state index in [9.17, 15) is 10.2 Å². The number of azide groups is 1. The molecule has 2 aliphatic heterocycles. The molecule has 8 unspecified atom stereocenters. The Morgan fingerprint density at radius 1 is 1.11 bits per heavy atom. The second-order valence-electron chi connectivity index (χ2n) is 7.44. The quantitative estimate of drug-likeness (QED) is 0.455. The first-order chi connectivity index (χ1) is 12.7. The molecule has 3 rings (SSSR count). The minimum atomic E-state index is -0.669. The zero-order chi connectivity index (χ0) is 20.1. The number of hydrogen-bond acceptors (Lipinski definition) is 7. The van der Waals surface area contributed by atoms with Gasteiger partial charge in [0.15, 0.2) is 0 Å². The number of ether oxygens (including phenoxy) is 2. The van der Waals surface area contributed by atoms with E-state index in [1.165, 1.54) is 0 Å². The third-order valence-corrected chi connectivity index (χ3v) is 4.96. The van der Waals surface area contributed by atoms with Gasteiger partial charge in [-0.25, -0.2) is 4.68 Å². The topological polar surface area (TPSA) is 138 Å². The summed E-state index contributed by atoms with van der Waals surface area (Å²) in [6.07, 6.45) is 1.85. The molecule has 2 saturated heterocycles. The van der Waals surface area contributed by atoms with Crippen molar-refractivity contribution < 1.29 is 19.7 Å². The molecule has 3 heterocycles. The van der Waals surface area contributed by atoms with Crippen molar-refractivity contribution >= 4 is 0 Å². The zero-order valence-corrected chi connectivity index (χ0v) is 16.5. The van der Waals surface area contributed by atoms with Crippen LogP contribution >= 0.6 is 0 Å². The van der Waals surface area contributed by atoms with Crippen molar-refractivity contribution in [1.82, 2.24) is 15.0 Å². The molecule has 152 valence electrons. The highest BCUT2D eigenvalue weighted by atomic mass is 16.5. The molecule has 0 amide bonds. The Hall–Kier alpha value is -1.71. The Labute approximate surface area is 159 Å². The lowest BCUT2D eigenvalue weighted by atomic mass is 9.97. The van der Waals surface area contributed by atoms with E-state index >= 15 is 0 Å². The van der Waals surface area contributed by atoms with Crippen LogP contribution in [0.4, 0.5) is 0 Å². The molecule has 0 bridgehead atoms. The van der Waals surface area contributed by atoms with Crippen LogP contribution in [-0.4, -0.2) is 67.9 Å². The van der Waals surface area contributed by atoms with Crippen LogP contribution < -0.4 is 0 Å². The van der Waals surface area contributed by atoms with Gasteiger partial charge in [0.05, 0.1) is 48.3 Å². The number of rotatable bonds is 2. The predicted molar refractivity (Wildman–Crippen MR) is 98.0 cm³/mol. The minimum Gasteiger partial charge on any atom is -0.390 e. The number of aromatic nitrogens is 3. The molecule has 0 aliphatic carbocycles. The van der Waals surface area contributed by atoms with Gasteiger partial charge >= 0.3 is 0 Å². The van der Waals surface area contributed by atoms with E-state index < -0.39 is 12.2 Å². The molecule has 2 fully saturated rings. The minimum absolute atomic E-state index is 0.0232. The van der Waals surface area contributed by atoms with Crippen molar-refractivity contribution in [2.45, 2.75) is 96.2 Å². The van der Waals surface area contributed by atoms with Gasteiger partial charge in [0.1, 0.15) is 6.10 Å². The van der Waals surface area contributed by atoms with Crippen LogP contribution in [0.25, 0.3) is 10.4 Å². The number of hydrogen-bond donors (Lipinski definition) is 2. The zero-order valence-electron chi connectivity index (χ0n) is 16.5. The fourth-order valence-corrected chi connectivity index (χ4v) is 3.56. The van der Waals surface area contributed by atoms with E-state index in [-0.39, 0.29) is 36.5 Å². The van der Waals surface area contributed by atoms with Gasteiger partial charge in [-0.05, 0) is 53.0 Å². The maximum Gasteiger partial charge on any atom is 0.102 e. The monoisotopic (exact) mass is 382 g/mol. The van der Waals surface area contributed by atoms with Crippen LogP contribution in [0.1, 0.15) is 52.3 Å². The summed E-state index contributed by atoms with van der Waals surface area (Å²) in [7, 11) is 0. The highest BCUT2D eigenvalue weighted by molar-refractivity contribution is 4.93. The Morgan fingerprint density at radius 3 is 2.26 bits per heavy atom. The molecule has 27 heavy (non-hydrogen) atoms. The Bertz CT molecular complexity index is 649. The molecule has 0 aromatic carbocycles. The first-order valence-corrected chi connectivity index (χ1v) is 9.32. The molecule has 1 aromatic heterocycles. The van der Waals surface area contributed by atoms with Gasteiger partial charge in [-0.15, -0.1) is 5.10 Å². The molecule has 0 saturated carbocycles. The van der Waals surface area contributed by atoms with Gasteiger partial charge in [0, 0.05) is 11.1 Å². The van der Waals surface area contributed by atoms with Crippen LogP contribution in [0, 0.1) is 6.92 Å². The molecule has 10 heteroatoms. The smallest absolute Gasteiger partial charge is 0.102 e. The van der Waals surface area contributed by atoms with Gasteiger partial charge in [0.2, 0.25) is 0 Å². The summed E-state index contributed by atoms with van der Waals surface area (Å²) in [6, 6.07) is -0.362. The van der Waals surface area contributed by atoms with Crippen molar-refractivity contribution in [2.75, 3.05) is 0 Å². The third kappa shape index (κ3) is 5.63. The highest BCUT2D eigenvalue weighted by Gasteiger charge is 2.35. The summed E-state index contributed by atoms with van der Waals surface area (Å²) < 4.78 is 12.6. The van der Waals surface area contributed by atoms with Crippen molar-refractivity contribution in [3.8, 4) is 0 Å². The molecule has 0 radical (unpaired) electrons. The van der Waals surface area contributed by atoms with Crippen LogP contribution in [0.2, 0.25) is 0 Å². The van der Waals surface area contributed by atoms with E-state index in [4.69, 9.17) is 15.0 Å². The second-order valence-corrected chi connectivity index (χ2v) is 7.44. The number of aryl methyl sites for hydroxylation is 1. The van der Waals surface area contributed by atoms with E-state index in [1.807, 2.05) is 33.9 Å². The lowest BCUT2D eigenvalue weighted by Crippen LogP contribution is -2.44. The lowest BCUT2D eigenvalue weighted by Gasteiger charge is -2.36. The Kier molecular flexibility index (Phi) is 7.58. The van der Waals surface area contributed by atoms with Crippen molar-refractivity contribution in [3.05, 3.63) is 22.3 Å². The number of aliphatic hydroxyl groups is 2. The van der Waals surface area contributed by atoms with Gasteiger partial charge in [0.25, 0.3) is 0 Å². The summed E-state index contributed by atoms with van der Waals surface area (Å²) in [6.45, 7) is 9.47. The average Bonchev–Trinajstić information content (AvgIpc) is 3.02. The first kappa shape index (κ1) is 21.6. The summed E-state index contributed by atoms with van der Waals surface area (Å²) in [5.41, 5.74) is 9.08. The largest absolute Gasteiger partial charge is 0.390 e. The van der Waals surface area contributed by atoms with E-state index in [0.717, 1.165) is 12.1 Å². The van der Waals surface area contributed by atoms with Crippen LogP contribution in [0.15, 0.2) is 11.3 Å². The summed E-state index contributed by atoms with van der Waals surface area (Å²) in [5, 5.41) is 31.0. The van der Waals surface area contributed by atoms with E-state index in [0.29, 0.717) is 6.42 Å². The molecular formula is C17H30N6O4. The Morgan fingerprint density at radius 2 is 1.70 bits per heavy atom. The van der Waals surface area contributed by atoms with E-state index in [2.05, 4.69) is 20.3 Å². The predicted octanol–water partition coefficient (Wildman–Crippen LogP) is 1.91. The second kappa shape index (κ2) is 9.48. The van der Waals surface area contributed by atoms with Crippen molar-refractivity contribution in [1.29, 1.82) is 0 Å². The SMILES string of the molecule is CC1CC(N=[N+]=[N-])C(O)C(C)O1.Cc1cn(C2CC(C)OC(C)C2O)nn1. The molecule has 8 atom stereocenters. The average molecular weight is 382 g/mol. The molecule has 10 nitrogen and oxygen atoms in total. The Balaban J connectivity index is 0.000000199. The van der Waals surface area contributed by atoms with Gasteiger partial charge in [-0.3, -0.25) is 0 Å². The van der Waals surface area contributed by atoms with Crippen molar-refractivity contribution in [2.24, 2.45) is 5.11 Å². The van der Waals surface area contributed by atoms with Crippen LogP contribution in [-0.2, 0) is 9.47 Å². The standard InChI is InChI=1S/C10H17N3O2.C7H13N3O2/c1-6-5-13(12-11-6)9-4-7(2)15-8(3)10(9)14;1-4-3-6(9-10-8)7(11)5(2)12-4/h5,7-10,14H,4H2,1-3H3;4-7,11H,3H2,1-2H3. The summed E-state index contributed by atoms with van der Waals surface area (Å²) >= 11 is 0. The molecule has 0 spiro atoms. The summed E-state index contributed by atoms with van der Waals surface area (Å²) in [5.74, 6) is 0. The third-order valence-electron chi connectivity index (χ3n) is 4.96. The molecule has 2 N–H and O–H groups in total. The van der Waals surface area contributed by atoms with Gasteiger partial charge < -0.3 is 19.7 Å².